The maximum absolute atomic E-state index is 12.7. The van der Waals surface area contributed by atoms with E-state index in [9.17, 15) is 24.6 Å². The summed E-state index contributed by atoms with van der Waals surface area (Å²) in [5.74, 6) is -1.76. The fraction of sp³-hybridized carbons (Fsp3) is 0.522. The Bertz CT molecular complexity index is 1020. The topological polar surface area (TPSA) is 133 Å². The SMILES string of the molecule is C=CCOC(=O)N1C[C@@H](SC2=C(C(=O)O)N3C(=O)[C@H]([C@@H](C)O)[C@H]3[C@H]2C)C[C@H]1Cc1ncccn1. The van der Waals surface area contributed by atoms with E-state index in [2.05, 4.69) is 16.5 Å². The van der Waals surface area contributed by atoms with E-state index in [1.807, 2.05) is 6.92 Å². The van der Waals surface area contributed by atoms with Gasteiger partial charge in [0.15, 0.2) is 0 Å². The van der Waals surface area contributed by atoms with Crippen molar-refractivity contribution in [3.05, 3.63) is 47.5 Å². The number of amides is 2. The number of aliphatic hydroxyl groups excluding tert-OH is 1. The molecule has 0 spiro atoms. The molecule has 4 rings (SSSR count). The van der Waals surface area contributed by atoms with Crippen LogP contribution in [0.1, 0.15) is 26.1 Å². The second kappa shape index (κ2) is 9.75. The third-order valence-electron chi connectivity index (χ3n) is 6.58. The fourth-order valence-electron chi connectivity index (χ4n) is 5.09. The summed E-state index contributed by atoms with van der Waals surface area (Å²) in [5, 5.41) is 19.8. The summed E-state index contributed by atoms with van der Waals surface area (Å²) in [5.41, 5.74) is -0.0139. The van der Waals surface area contributed by atoms with Crippen molar-refractivity contribution in [2.45, 2.75) is 50.1 Å². The first kappa shape index (κ1) is 24.2. The lowest BCUT2D eigenvalue weighted by Gasteiger charge is -2.46. The number of likely N-dealkylation sites (tertiary alicyclic amines) is 1. The van der Waals surface area contributed by atoms with E-state index >= 15 is 0 Å². The van der Waals surface area contributed by atoms with E-state index in [4.69, 9.17) is 4.74 Å². The van der Waals surface area contributed by atoms with Gasteiger partial charge in [0.2, 0.25) is 5.91 Å². The van der Waals surface area contributed by atoms with Gasteiger partial charge in [0.1, 0.15) is 18.1 Å². The van der Waals surface area contributed by atoms with E-state index in [1.165, 1.54) is 22.7 Å². The minimum atomic E-state index is -1.16. The highest BCUT2D eigenvalue weighted by Crippen LogP contribution is 2.52. The summed E-state index contributed by atoms with van der Waals surface area (Å²) in [7, 11) is 0. The molecule has 34 heavy (non-hydrogen) atoms. The summed E-state index contributed by atoms with van der Waals surface area (Å²) in [4.78, 5) is 49.5. The molecule has 2 N–H and O–H groups in total. The number of fused-ring (bicyclic) bond motifs is 1. The van der Waals surface area contributed by atoms with E-state index in [0.29, 0.717) is 30.1 Å². The zero-order chi connectivity index (χ0) is 24.6. The van der Waals surface area contributed by atoms with Crippen LogP contribution < -0.4 is 0 Å². The number of hydrogen-bond donors (Lipinski definition) is 2. The van der Waals surface area contributed by atoms with Crippen LogP contribution in [0, 0.1) is 11.8 Å². The molecule has 2 amide bonds. The molecule has 10 nitrogen and oxygen atoms in total. The minimum Gasteiger partial charge on any atom is -0.477 e. The van der Waals surface area contributed by atoms with Gasteiger partial charge in [-0.2, -0.15) is 0 Å². The third kappa shape index (κ3) is 4.29. The maximum Gasteiger partial charge on any atom is 0.410 e. The Kier molecular flexibility index (Phi) is 6.94. The summed E-state index contributed by atoms with van der Waals surface area (Å²) in [6.07, 6.45) is 4.50. The third-order valence-corrected chi connectivity index (χ3v) is 8.07. The number of aromatic nitrogens is 2. The molecule has 4 heterocycles. The highest BCUT2D eigenvalue weighted by Gasteiger charge is 2.60. The van der Waals surface area contributed by atoms with Gasteiger partial charge in [-0.05, 0) is 19.4 Å². The average Bonchev–Trinajstić information content (AvgIpc) is 3.29. The Hall–Kier alpha value is -2.92. The first-order chi connectivity index (χ1) is 16.2. The van der Waals surface area contributed by atoms with Crippen LogP contribution in [0.5, 0.6) is 0 Å². The van der Waals surface area contributed by atoms with Crippen LogP contribution in [0.25, 0.3) is 0 Å². The van der Waals surface area contributed by atoms with Crippen LogP contribution in [-0.2, 0) is 20.7 Å². The number of carboxylic acids is 1. The highest BCUT2D eigenvalue weighted by molar-refractivity contribution is 8.03. The summed E-state index contributed by atoms with van der Waals surface area (Å²) in [6.45, 7) is 7.47. The Morgan fingerprint density at radius 3 is 2.71 bits per heavy atom. The summed E-state index contributed by atoms with van der Waals surface area (Å²) < 4.78 is 5.27. The number of hydrogen-bond acceptors (Lipinski definition) is 8. The van der Waals surface area contributed by atoms with Crippen molar-refractivity contribution >= 4 is 29.7 Å². The number of aliphatic hydroxyl groups is 1. The van der Waals surface area contributed by atoms with Gasteiger partial charge < -0.3 is 24.7 Å². The first-order valence-electron chi connectivity index (χ1n) is 11.2. The molecule has 3 aliphatic rings. The number of thioether (sulfide) groups is 1. The molecular weight excluding hydrogens is 460 g/mol. The quantitative estimate of drug-likeness (QED) is 0.414. The van der Waals surface area contributed by atoms with E-state index < -0.39 is 24.1 Å². The van der Waals surface area contributed by atoms with Crippen molar-refractivity contribution < 1.29 is 29.3 Å². The monoisotopic (exact) mass is 488 g/mol. The van der Waals surface area contributed by atoms with Crippen LogP contribution in [0.2, 0.25) is 0 Å². The summed E-state index contributed by atoms with van der Waals surface area (Å²) in [6, 6.07) is 1.14. The van der Waals surface area contributed by atoms with Crippen molar-refractivity contribution in [1.29, 1.82) is 0 Å². The Labute approximate surface area is 201 Å². The Morgan fingerprint density at radius 2 is 2.09 bits per heavy atom. The van der Waals surface area contributed by atoms with Crippen LogP contribution in [0.3, 0.4) is 0 Å². The van der Waals surface area contributed by atoms with Crippen LogP contribution in [-0.4, -0.2) is 84.5 Å². The minimum absolute atomic E-state index is 0.0139. The highest BCUT2D eigenvalue weighted by atomic mass is 32.2. The molecule has 0 saturated carbocycles. The van der Waals surface area contributed by atoms with Crippen LogP contribution >= 0.6 is 11.8 Å². The van der Waals surface area contributed by atoms with Gasteiger partial charge in [-0.3, -0.25) is 4.79 Å². The van der Waals surface area contributed by atoms with Gasteiger partial charge in [0, 0.05) is 47.5 Å². The molecule has 11 heteroatoms. The number of nitrogens with zero attached hydrogens (tertiary/aromatic N) is 4. The largest absolute Gasteiger partial charge is 0.477 e. The predicted molar refractivity (Wildman–Crippen MR) is 123 cm³/mol. The van der Waals surface area contributed by atoms with Crippen molar-refractivity contribution in [3.8, 4) is 0 Å². The number of carbonyl (C=O) groups excluding carboxylic acids is 2. The standard InChI is InChI=1S/C23H28N4O6S/c1-4-8-33-23(32)26-11-15(9-14(26)10-16-24-6-5-7-25-16)34-20-12(2)18-17(13(3)28)21(29)27(18)19(20)22(30)31/h4-7,12-15,17-18,28H,1,8-11H2,2-3H3,(H,30,31)/t12-,13-,14+,15+,17-,18-/m1/s1. The number of carboxylic acid groups (broad SMARTS) is 1. The molecular formula is C23H28N4O6S. The lowest BCUT2D eigenvalue weighted by molar-refractivity contribution is -0.163. The van der Waals surface area contributed by atoms with Gasteiger partial charge in [-0.25, -0.2) is 19.6 Å². The number of rotatable bonds is 8. The van der Waals surface area contributed by atoms with Crippen molar-refractivity contribution in [2.24, 2.45) is 11.8 Å². The maximum atomic E-state index is 12.7. The molecule has 3 aliphatic heterocycles. The second-order valence-corrected chi connectivity index (χ2v) is 10.1. The smallest absolute Gasteiger partial charge is 0.410 e. The van der Waals surface area contributed by atoms with Gasteiger partial charge in [0.25, 0.3) is 0 Å². The summed E-state index contributed by atoms with van der Waals surface area (Å²) >= 11 is 1.39. The van der Waals surface area contributed by atoms with Gasteiger partial charge in [-0.1, -0.05) is 19.6 Å². The molecule has 0 unspecified atom stereocenters. The Morgan fingerprint density at radius 1 is 1.38 bits per heavy atom. The molecule has 182 valence electrons. The lowest BCUT2D eigenvalue weighted by Crippen LogP contribution is -2.63. The van der Waals surface area contributed by atoms with E-state index in [0.717, 1.165) is 0 Å². The zero-order valence-electron chi connectivity index (χ0n) is 19.0. The molecule has 0 aromatic carbocycles. The van der Waals surface area contributed by atoms with Crippen molar-refractivity contribution in [3.63, 3.8) is 0 Å². The molecule has 2 fully saturated rings. The van der Waals surface area contributed by atoms with Crippen LogP contribution in [0.4, 0.5) is 4.79 Å². The molecule has 1 aromatic heterocycles. The zero-order valence-corrected chi connectivity index (χ0v) is 19.9. The van der Waals surface area contributed by atoms with Crippen molar-refractivity contribution in [1.82, 2.24) is 19.8 Å². The molecule has 0 aliphatic carbocycles. The second-order valence-electron chi connectivity index (χ2n) is 8.79. The number of β-lactam (4-membered cyclic amide) rings is 1. The molecule has 2 saturated heterocycles. The lowest BCUT2D eigenvalue weighted by atomic mass is 9.79. The molecule has 1 aromatic rings. The van der Waals surface area contributed by atoms with Crippen LogP contribution in [0.15, 0.2) is 41.7 Å². The molecule has 6 atom stereocenters. The fourth-order valence-corrected chi connectivity index (χ4v) is 6.66. The predicted octanol–water partition coefficient (Wildman–Crippen LogP) is 1.67. The number of aliphatic carboxylic acids is 1. The number of carbonyl (C=O) groups is 3. The average molecular weight is 489 g/mol. The van der Waals surface area contributed by atoms with E-state index in [-0.39, 0.29) is 41.5 Å². The van der Waals surface area contributed by atoms with Gasteiger partial charge >= 0.3 is 12.1 Å². The number of ether oxygens (including phenoxy) is 1. The normalized spacial score (nSPS) is 29.0. The van der Waals surface area contributed by atoms with E-state index in [1.54, 1.807) is 30.3 Å². The Balaban J connectivity index is 1.55. The molecule has 0 radical (unpaired) electrons. The van der Waals surface area contributed by atoms with Gasteiger partial charge in [-0.15, -0.1) is 11.8 Å². The first-order valence-corrected chi connectivity index (χ1v) is 12.1. The van der Waals surface area contributed by atoms with Gasteiger partial charge in [0.05, 0.1) is 18.1 Å². The van der Waals surface area contributed by atoms with Crippen molar-refractivity contribution in [2.75, 3.05) is 13.2 Å². The molecule has 0 bridgehead atoms.